The van der Waals surface area contributed by atoms with Crippen LogP contribution in [0.3, 0.4) is 0 Å². The maximum atomic E-state index is 6.03. The van der Waals surface area contributed by atoms with Crippen LogP contribution in [0.2, 0.25) is 10.3 Å². The van der Waals surface area contributed by atoms with Crippen LogP contribution in [-0.2, 0) is 0 Å². The van der Waals surface area contributed by atoms with Gasteiger partial charge in [-0.1, -0.05) is 42.3 Å². The van der Waals surface area contributed by atoms with Crippen molar-refractivity contribution in [1.82, 2.24) is 9.97 Å². The maximum Gasteiger partial charge on any atom is 0.162 e. The van der Waals surface area contributed by atoms with Gasteiger partial charge in [0.05, 0.1) is 6.61 Å². The zero-order chi connectivity index (χ0) is 13.8. The third-order valence-corrected chi connectivity index (χ3v) is 3.33. The van der Waals surface area contributed by atoms with Crippen LogP contribution in [0.1, 0.15) is 18.9 Å². The van der Waals surface area contributed by atoms with Crippen LogP contribution >= 0.6 is 23.2 Å². The largest absolute Gasteiger partial charge is 0.494 e. The SMILES string of the molecule is CCCOc1cccc(-c2nc(Cl)c(C)c(Cl)n2)c1. The maximum absolute atomic E-state index is 6.03. The first-order valence-corrected chi connectivity index (χ1v) is 6.80. The molecule has 0 saturated carbocycles. The van der Waals surface area contributed by atoms with Crippen molar-refractivity contribution in [3.05, 3.63) is 40.1 Å². The van der Waals surface area contributed by atoms with Crippen molar-refractivity contribution in [3.63, 3.8) is 0 Å². The molecule has 3 nitrogen and oxygen atoms in total. The van der Waals surface area contributed by atoms with Crippen LogP contribution < -0.4 is 4.74 Å². The van der Waals surface area contributed by atoms with E-state index in [-0.39, 0.29) is 0 Å². The first-order chi connectivity index (χ1) is 9.11. The van der Waals surface area contributed by atoms with Gasteiger partial charge < -0.3 is 4.74 Å². The number of nitrogens with zero attached hydrogens (tertiary/aromatic N) is 2. The third kappa shape index (κ3) is 3.37. The van der Waals surface area contributed by atoms with Crippen LogP contribution in [0.25, 0.3) is 11.4 Å². The lowest BCUT2D eigenvalue weighted by molar-refractivity contribution is 0.317. The fourth-order valence-electron chi connectivity index (χ4n) is 1.54. The predicted octanol–water partition coefficient (Wildman–Crippen LogP) is 4.55. The molecular formula is C14H14Cl2N2O. The minimum atomic E-state index is 0.370. The van der Waals surface area contributed by atoms with Crippen LogP contribution in [0.4, 0.5) is 0 Å². The molecule has 2 rings (SSSR count). The Hall–Kier alpha value is -1.32. The molecule has 0 fully saturated rings. The van der Waals surface area contributed by atoms with Gasteiger partial charge in [0.2, 0.25) is 0 Å². The highest BCUT2D eigenvalue weighted by Gasteiger charge is 2.09. The zero-order valence-corrected chi connectivity index (χ0v) is 12.3. The Morgan fingerprint density at radius 2 is 1.84 bits per heavy atom. The van der Waals surface area contributed by atoms with Gasteiger partial charge in [-0.2, -0.15) is 0 Å². The molecule has 0 aliphatic rings. The van der Waals surface area contributed by atoms with Gasteiger partial charge in [-0.05, 0) is 25.5 Å². The average Bonchev–Trinajstić information content (AvgIpc) is 2.42. The number of aromatic nitrogens is 2. The molecule has 1 aromatic carbocycles. The Morgan fingerprint density at radius 3 is 2.47 bits per heavy atom. The first kappa shape index (κ1) is 14.1. The summed E-state index contributed by atoms with van der Waals surface area (Å²) in [5.74, 6) is 1.29. The third-order valence-electron chi connectivity index (χ3n) is 2.59. The Labute approximate surface area is 122 Å². The summed E-state index contributed by atoms with van der Waals surface area (Å²) in [4.78, 5) is 8.48. The number of hydrogen-bond acceptors (Lipinski definition) is 3. The Morgan fingerprint density at radius 1 is 1.16 bits per heavy atom. The molecule has 0 spiro atoms. The highest BCUT2D eigenvalue weighted by Crippen LogP contribution is 2.26. The second-order valence-corrected chi connectivity index (χ2v) is 4.85. The molecule has 0 aliphatic heterocycles. The van der Waals surface area contributed by atoms with Crippen LogP contribution in [0, 0.1) is 6.92 Å². The summed E-state index contributed by atoms with van der Waals surface area (Å²) >= 11 is 12.1. The molecule has 0 bridgehead atoms. The Bertz CT molecular complexity index is 564. The summed E-state index contributed by atoms with van der Waals surface area (Å²) in [6.07, 6.45) is 0.961. The minimum absolute atomic E-state index is 0.370. The van der Waals surface area contributed by atoms with E-state index in [2.05, 4.69) is 16.9 Å². The zero-order valence-electron chi connectivity index (χ0n) is 10.8. The molecule has 0 radical (unpaired) electrons. The van der Waals surface area contributed by atoms with E-state index in [4.69, 9.17) is 27.9 Å². The normalized spacial score (nSPS) is 10.5. The molecule has 0 aliphatic carbocycles. The van der Waals surface area contributed by atoms with Crippen molar-refractivity contribution in [2.24, 2.45) is 0 Å². The van der Waals surface area contributed by atoms with Gasteiger partial charge in [0, 0.05) is 11.1 Å². The number of hydrogen-bond donors (Lipinski definition) is 0. The van der Waals surface area contributed by atoms with E-state index in [1.54, 1.807) is 6.92 Å². The number of ether oxygens (including phenoxy) is 1. The molecule has 0 amide bonds. The lowest BCUT2D eigenvalue weighted by atomic mass is 10.2. The Balaban J connectivity index is 2.36. The van der Waals surface area contributed by atoms with E-state index in [1.807, 2.05) is 24.3 Å². The highest BCUT2D eigenvalue weighted by molar-refractivity contribution is 6.34. The summed E-state index contributed by atoms with van der Waals surface area (Å²) in [6.45, 7) is 4.53. The van der Waals surface area contributed by atoms with Gasteiger partial charge >= 0.3 is 0 Å². The molecule has 1 heterocycles. The first-order valence-electron chi connectivity index (χ1n) is 6.04. The molecule has 1 aromatic heterocycles. The van der Waals surface area contributed by atoms with Crippen molar-refractivity contribution in [2.75, 3.05) is 6.61 Å². The molecule has 0 unspecified atom stereocenters. The number of rotatable bonds is 4. The molecule has 0 saturated heterocycles. The van der Waals surface area contributed by atoms with E-state index < -0.39 is 0 Å². The van der Waals surface area contributed by atoms with E-state index in [9.17, 15) is 0 Å². The lowest BCUT2D eigenvalue weighted by Gasteiger charge is -2.08. The van der Waals surface area contributed by atoms with Crippen molar-refractivity contribution < 1.29 is 4.74 Å². The van der Waals surface area contributed by atoms with Gasteiger partial charge in [-0.3, -0.25) is 0 Å². The molecular weight excluding hydrogens is 283 g/mol. The van der Waals surface area contributed by atoms with Crippen LogP contribution in [0.5, 0.6) is 5.75 Å². The van der Waals surface area contributed by atoms with Gasteiger partial charge in [-0.15, -0.1) is 0 Å². The highest BCUT2D eigenvalue weighted by atomic mass is 35.5. The second kappa shape index (κ2) is 6.22. The summed E-state index contributed by atoms with van der Waals surface area (Å²) in [5, 5.41) is 0.741. The van der Waals surface area contributed by atoms with E-state index in [0.717, 1.165) is 17.7 Å². The molecule has 100 valence electrons. The van der Waals surface area contributed by atoms with Gasteiger partial charge in [-0.25, -0.2) is 9.97 Å². The fourth-order valence-corrected chi connectivity index (χ4v) is 1.93. The quantitative estimate of drug-likeness (QED) is 0.777. The van der Waals surface area contributed by atoms with Crippen molar-refractivity contribution in [3.8, 4) is 17.1 Å². The number of benzene rings is 1. The van der Waals surface area contributed by atoms with E-state index in [1.165, 1.54) is 0 Å². The summed E-state index contributed by atoms with van der Waals surface area (Å²) in [7, 11) is 0. The number of halogens is 2. The van der Waals surface area contributed by atoms with Gasteiger partial charge in [0.15, 0.2) is 5.82 Å². The predicted molar refractivity (Wildman–Crippen MR) is 78.0 cm³/mol. The molecule has 0 N–H and O–H groups in total. The summed E-state index contributed by atoms with van der Waals surface area (Å²) < 4.78 is 5.58. The second-order valence-electron chi connectivity index (χ2n) is 4.13. The topological polar surface area (TPSA) is 35.0 Å². The average molecular weight is 297 g/mol. The van der Waals surface area contributed by atoms with E-state index in [0.29, 0.717) is 28.3 Å². The van der Waals surface area contributed by atoms with Crippen LogP contribution in [0.15, 0.2) is 24.3 Å². The lowest BCUT2D eigenvalue weighted by Crippen LogP contribution is -1.97. The smallest absolute Gasteiger partial charge is 0.162 e. The van der Waals surface area contributed by atoms with Crippen LogP contribution in [-0.4, -0.2) is 16.6 Å². The Kier molecular flexibility index (Phi) is 4.61. The van der Waals surface area contributed by atoms with Gasteiger partial charge in [0.25, 0.3) is 0 Å². The summed E-state index contributed by atoms with van der Waals surface area (Å²) in [6, 6.07) is 7.57. The fraction of sp³-hybridized carbons (Fsp3) is 0.286. The molecule has 0 atom stereocenters. The standard InChI is InChI=1S/C14H14Cl2N2O/c1-3-7-19-11-6-4-5-10(8-11)14-17-12(15)9(2)13(16)18-14/h4-6,8H,3,7H2,1-2H3. The van der Waals surface area contributed by atoms with Gasteiger partial charge in [0.1, 0.15) is 16.1 Å². The van der Waals surface area contributed by atoms with Crippen molar-refractivity contribution in [2.45, 2.75) is 20.3 Å². The van der Waals surface area contributed by atoms with E-state index >= 15 is 0 Å². The van der Waals surface area contributed by atoms with Crippen molar-refractivity contribution >= 4 is 23.2 Å². The monoisotopic (exact) mass is 296 g/mol. The minimum Gasteiger partial charge on any atom is -0.494 e. The molecule has 2 aromatic rings. The molecule has 5 heteroatoms. The van der Waals surface area contributed by atoms with Crippen molar-refractivity contribution in [1.29, 1.82) is 0 Å². The summed E-state index contributed by atoms with van der Waals surface area (Å²) in [5.41, 5.74) is 1.52. The molecule has 19 heavy (non-hydrogen) atoms.